The van der Waals surface area contributed by atoms with E-state index in [1.54, 1.807) is 44.6 Å². The summed E-state index contributed by atoms with van der Waals surface area (Å²) in [7, 11) is 2.89. The van der Waals surface area contributed by atoms with Gasteiger partial charge in [-0.25, -0.2) is 4.79 Å². The molecule has 0 amide bonds. The van der Waals surface area contributed by atoms with Crippen molar-refractivity contribution in [1.82, 2.24) is 9.13 Å². The van der Waals surface area contributed by atoms with Crippen molar-refractivity contribution in [2.24, 2.45) is 7.05 Å². The lowest BCUT2D eigenvalue weighted by atomic mass is 9.95. The van der Waals surface area contributed by atoms with Crippen molar-refractivity contribution in [3.8, 4) is 11.1 Å². The molecule has 2 aromatic heterocycles. The highest BCUT2D eigenvalue weighted by Gasteiger charge is 2.34. The topological polar surface area (TPSA) is 88.8 Å². The molecule has 0 radical (unpaired) electrons. The molecule has 8 heteroatoms. The summed E-state index contributed by atoms with van der Waals surface area (Å²) < 4.78 is 19.7. The van der Waals surface area contributed by atoms with Crippen LogP contribution in [0.2, 0.25) is 0 Å². The Bertz CT molecular complexity index is 1330. The molecule has 3 rings (SSSR count). The molecule has 0 spiro atoms. The summed E-state index contributed by atoms with van der Waals surface area (Å²) in [6, 6.07) is 9.59. The molecule has 3 aromatic rings. The second-order valence-corrected chi connectivity index (χ2v) is 10.9. The fourth-order valence-electron chi connectivity index (χ4n) is 4.14. The van der Waals surface area contributed by atoms with Crippen molar-refractivity contribution in [2.75, 3.05) is 7.11 Å². The maximum Gasteiger partial charge on any atom is 0.341 e. The number of methoxy groups -OCH3 is 1. The Morgan fingerprint density at radius 3 is 2.11 bits per heavy atom. The zero-order chi connectivity index (χ0) is 27.0. The van der Waals surface area contributed by atoms with Crippen LogP contribution in [0.5, 0.6) is 0 Å². The minimum absolute atomic E-state index is 0.123. The van der Waals surface area contributed by atoms with E-state index in [2.05, 4.69) is 0 Å². The number of pyridine rings is 1. The predicted octanol–water partition coefficient (Wildman–Crippen LogP) is 4.69. The summed E-state index contributed by atoms with van der Waals surface area (Å²) in [5, 5.41) is 0.604. The van der Waals surface area contributed by atoms with Crippen molar-refractivity contribution in [3.05, 3.63) is 58.1 Å². The molecular formula is C28H36N2O6. The lowest BCUT2D eigenvalue weighted by Crippen LogP contribution is -2.34. The summed E-state index contributed by atoms with van der Waals surface area (Å²) in [6.07, 6.45) is 0.539. The van der Waals surface area contributed by atoms with E-state index in [1.165, 1.54) is 11.7 Å². The van der Waals surface area contributed by atoms with Gasteiger partial charge in [0.1, 0.15) is 17.7 Å². The Morgan fingerprint density at radius 2 is 1.58 bits per heavy atom. The Labute approximate surface area is 211 Å². The lowest BCUT2D eigenvalue weighted by molar-refractivity contribution is -0.165. The Kier molecular flexibility index (Phi) is 7.50. The number of esters is 2. The number of aromatic nitrogens is 2. The van der Waals surface area contributed by atoms with E-state index in [1.807, 2.05) is 52.0 Å². The molecule has 0 bridgehead atoms. The smallest absolute Gasteiger partial charge is 0.341 e. The van der Waals surface area contributed by atoms with Crippen LogP contribution in [0.4, 0.5) is 0 Å². The van der Waals surface area contributed by atoms with Gasteiger partial charge in [-0.2, -0.15) is 0 Å². The largest absolute Gasteiger partial charge is 0.467 e. The number of ether oxygens (including phenoxy) is 3. The third-order valence-electron chi connectivity index (χ3n) is 5.55. The number of fused-ring (bicyclic) bond motifs is 1. The van der Waals surface area contributed by atoms with Crippen LogP contribution >= 0.6 is 0 Å². The van der Waals surface area contributed by atoms with Crippen molar-refractivity contribution >= 4 is 22.8 Å². The summed E-state index contributed by atoms with van der Waals surface area (Å²) in [5.41, 5.74) is 1.54. The molecule has 0 saturated carbocycles. The van der Waals surface area contributed by atoms with Gasteiger partial charge >= 0.3 is 11.9 Å². The number of hydrogen-bond acceptors (Lipinski definition) is 6. The van der Waals surface area contributed by atoms with Crippen LogP contribution in [0.1, 0.15) is 58.9 Å². The summed E-state index contributed by atoms with van der Waals surface area (Å²) in [5.74, 6) is -1.06. The van der Waals surface area contributed by atoms with E-state index in [-0.39, 0.29) is 12.1 Å². The minimum atomic E-state index is -1.15. The van der Waals surface area contributed by atoms with E-state index in [0.717, 1.165) is 11.1 Å². The van der Waals surface area contributed by atoms with Crippen molar-refractivity contribution in [1.29, 1.82) is 0 Å². The van der Waals surface area contributed by atoms with Gasteiger partial charge in [-0.05, 0) is 60.1 Å². The molecule has 1 aromatic carbocycles. The average Bonchev–Trinajstić information content (AvgIpc) is 3.16. The molecule has 1 atom stereocenters. The number of rotatable bonds is 6. The summed E-state index contributed by atoms with van der Waals surface area (Å²) in [4.78, 5) is 39.3. The zero-order valence-corrected chi connectivity index (χ0v) is 22.6. The molecule has 2 heterocycles. The first-order valence-electron chi connectivity index (χ1n) is 11.9. The first kappa shape index (κ1) is 27.2. The second-order valence-electron chi connectivity index (χ2n) is 10.9. The monoisotopic (exact) mass is 496 g/mol. The predicted molar refractivity (Wildman–Crippen MR) is 139 cm³/mol. The van der Waals surface area contributed by atoms with Crippen LogP contribution in [0.15, 0.2) is 41.3 Å². The zero-order valence-electron chi connectivity index (χ0n) is 22.6. The number of carbonyl (C=O) groups is 2. The standard InChI is InChI=1S/C28H36N2O6/c1-17-10-12-18(13-11-17)21-19-14-15-30(16-20(31)35-27(2,3)4)22(19)25(32)29(8)23(21)24(26(33)34-9)36-28(5,6)7/h10-15,24H,16H2,1-9H3. The van der Waals surface area contributed by atoms with Crippen LogP contribution in [-0.2, 0) is 37.4 Å². The van der Waals surface area contributed by atoms with Gasteiger partial charge < -0.3 is 23.3 Å². The van der Waals surface area contributed by atoms with Crippen molar-refractivity contribution in [3.63, 3.8) is 0 Å². The van der Waals surface area contributed by atoms with Crippen LogP contribution in [-0.4, -0.2) is 39.4 Å². The van der Waals surface area contributed by atoms with E-state index >= 15 is 0 Å². The molecule has 194 valence electrons. The second kappa shape index (κ2) is 9.93. The molecule has 0 aliphatic rings. The van der Waals surface area contributed by atoms with E-state index in [4.69, 9.17) is 14.2 Å². The van der Waals surface area contributed by atoms with Gasteiger partial charge in [0.2, 0.25) is 0 Å². The van der Waals surface area contributed by atoms with E-state index in [9.17, 15) is 14.4 Å². The molecule has 0 fully saturated rings. The maximum atomic E-state index is 13.7. The van der Waals surface area contributed by atoms with Crippen molar-refractivity contribution in [2.45, 2.75) is 72.3 Å². The van der Waals surface area contributed by atoms with Gasteiger partial charge in [-0.15, -0.1) is 0 Å². The number of nitrogens with zero attached hydrogens (tertiary/aromatic N) is 2. The first-order valence-corrected chi connectivity index (χ1v) is 11.9. The Hall–Kier alpha value is -3.39. The highest BCUT2D eigenvalue weighted by atomic mass is 16.6. The van der Waals surface area contributed by atoms with Gasteiger partial charge in [-0.1, -0.05) is 29.8 Å². The fourth-order valence-corrected chi connectivity index (χ4v) is 4.14. The number of aryl methyl sites for hydroxylation is 1. The van der Waals surface area contributed by atoms with E-state index in [0.29, 0.717) is 22.2 Å². The number of benzene rings is 1. The Balaban J connectivity index is 2.35. The Morgan fingerprint density at radius 1 is 0.972 bits per heavy atom. The number of carbonyl (C=O) groups excluding carboxylic acids is 2. The van der Waals surface area contributed by atoms with Crippen molar-refractivity contribution < 1.29 is 23.8 Å². The fraction of sp³-hybridized carbons (Fsp3) is 0.464. The minimum Gasteiger partial charge on any atom is -0.467 e. The van der Waals surface area contributed by atoms with Crippen LogP contribution in [0, 0.1) is 6.92 Å². The van der Waals surface area contributed by atoms with Gasteiger partial charge in [0.25, 0.3) is 5.56 Å². The highest BCUT2D eigenvalue weighted by molar-refractivity contribution is 5.98. The molecule has 1 unspecified atom stereocenters. The quantitative estimate of drug-likeness (QED) is 0.460. The average molecular weight is 497 g/mol. The lowest BCUT2D eigenvalue weighted by Gasteiger charge is -2.29. The molecule has 0 saturated heterocycles. The molecule has 0 aliphatic heterocycles. The maximum absolute atomic E-state index is 13.7. The SMILES string of the molecule is COC(=O)C(OC(C)(C)C)c1c(-c2ccc(C)cc2)c2ccn(CC(=O)OC(C)(C)C)c2c(=O)n1C. The van der Waals surface area contributed by atoms with Gasteiger partial charge in [0, 0.05) is 24.2 Å². The molecular weight excluding hydrogens is 460 g/mol. The molecule has 36 heavy (non-hydrogen) atoms. The number of hydrogen-bond donors (Lipinski definition) is 0. The van der Waals surface area contributed by atoms with Crippen LogP contribution in [0.3, 0.4) is 0 Å². The molecule has 8 nitrogen and oxygen atoms in total. The third-order valence-corrected chi connectivity index (χ3v) is 5.55. The molecule has 0 N–H and O–H groups in total. The normalized spacial score (nSPS) is 13.0. The third kappa shape index (κ3) is 5.87. The van der Waals surface area contributed by atoms with Crippen LogP contribution < -0.4 is 5.56 Å². The van der Waals surface area contributed by atoms with Gasteiger partial charge in [0.05, 0.1) is 18.4 Å². The molecule has 0 aliphatic carbocycles. The van der Waals surface area contributed by atoms with Gasteiger partial charge in [-0.3, -0.25) is 9.59 Å². The first-order chi connectivity index (χ1) is 16.6. The summed E-state index contributed by atoms with van der Waals surface area (Å²) in [6.45, 7) is 12.7. The highest BCUT2D eigenvalue weighted by Crippen LogP contribution is 2.37. The van der Waals surface area contributed by atoms with Crippen LogP contribution in [0.25, 0.3) is 22.0 Å². The van der Waals surface area contributed by atoms with E-state index < -0.39 is 29.2 Å². The van der Waals surface area contributed by atoms with Gasteiger partial charge in [0.15, 0.2) is 6.10 Å². The summed E-state index contributed by atoms with van der Waals surface area (Å²) >= 11 is 0.